The Kier molecular flexibility index (Phi) is 11.0. The summed E-state index contributed by atoms with van der Waals surface area (Å²) in [5.41, 5.74) is 0.809. The van der Waals surface area contributed by atoms with Crippen LogP contribution >= 0.6 is 39.9 Å². The number of amides is 1. The van der Waals surface area contributed by atoms with Gasteiger partial charge < -0.3 is 14.2 Å². The third kappa shape index (κ3) is 7.78. The number of ether oxygens (including phenoxy) is 3. The van der Waals surface area contributed by atoms with Gasteiger partial charge >= 0.3 is 5.97 Å². The van der Waals surface area contributed by atoms with Gasteiger partial charge in [-0.3, -0.25) is 14.5 Å². The predicted octanol–water partition coefficient (Wildman–Crippen LogP) is 5.82. The van der Waals surface area contributed by atoms with E-state index in [1.807, 2.05) is 19.1 Å². The predicted molar refractivity (Wildman–Crippen MR) is 136 cm³/mol. The van der Waals surface area contributed by atoms with Gasteiger partial charge in [-0.1, -0.05) is 37.8 Å². The van der Waals surface area contributed by atoms with E-state index in [2.05, 4.69) is 29.8 Å². The van der Waals surface area contributed by atoms with Gasteiger partial charge in [-0.05, 0) is 72.3 Å². The Hall–Kier alpha value is -1.58. The van der Waals surface area contributed by atoms with E-state index >= 15 is 0 Å². The molecule has 6 nitrogen and oxygen atoms in total. The van der Waals surface area contributed by atoms with Crippen LogP contribution in [0.1, 0.15) is 52.5 Å². The van der Waals surface area contributed by atoms with Crippen LogP contribution in [0.25, 0.3) is 6.08 Å². The summed E-state index contributed by atoms with van der Waals surface area (Å²) >= 11 is 10.2. The standard InChI is InChI=1S/C23H30BrNO5S2/c1-5-28-18-13-16(12-17(24)21(18)30-11-9-15(3)4)14-19-22(27)25(23(31)32-19)10-7-8-20(26)29-6-2/h12-15H,5-11H2,1-4H3/b19-14+. The average Bonchev–Trinajstić information content (AvgIpc) is 2.97. The molecule has 1 heterocycles. The van der Waals surface area contributed by atoms with Crippen molar-refractivity contribution < 1.29 is 23.8 Å². The van der Waals surface area contributed by atoms with Crippen molar-refractivity contribution in [3.05, 3.63) is 27.1 Å². The molecular weight excluding hydrogens is 514 g/mol. The number of thiocarbonyl (C=S) groups is 1. The van der Waals surface area contributed by atoms with Gasteiger partial charge in [0.25, 0.3) is 5.91 Å². The molecule has 32 heavy (non-hydrogen) atoms. The molecule has 0 spiro atoms. The molecule has 1 saturated heterocycles. The van der Waals surface area contributed by atoms with Crippen LogP contribution in [0.4, 0.5) is 0 Å². The first-order chi connectivity index (χ1) is 15.3. The van der Waals surface area contributed by atoms with Gasteiger partial charge in [0.15, 0.2) is 11.5 Å². The molecule has 9 heteroatoms. The third-order valence-corrected chi connectivity index (χ3v) is 6.48. The summed E-state index contributed by atoms with van der Waals surface area (Å²) in [6.07, 6.45) is 3.50. The molecule has 0 atom stereocenters. The lowest BCUT2D eigenvalue weighted by atomic mass is 10.1. The summed E-state index contributed by atoms with van der Waals surface area (Å²) in [4.78, 5) is 26.5. The highest BCUT2D eigenvalue weighted by Gasteiger charge is 2.31. The summed E-state index contributed by atoms with van der Waals surface area (Å²) in [5.74, 6) is 1.41. The number of benzene rings is 1. The number of nitrogens with zero attached hydrogens (tertiary/aromatic N) is 1. The largest absolute Gasteiger partial charge is 0.490 e. The van der Waals surface area contributed by atoms with Gasteiger partial charge in [0.05, 0.1) is 29.2 Å². The quantitative estimate of drug-likeness (QED) is 0.187. The summed E-state index contributed by atoms with van der Waals surface area (Å²) in [6, 6.07) is 3.77. The smallest absolute Gasteiger partial charge is 0.305 e. The molecule has 176 valence electrons. The van der Waals surface area contributed by atoms with E-state index in [4.69, 9.17) is 26.4 Å². The Morgan fingerprint density at radius 1 is 1.25 bits per heavy atom. The maximum atomic E-state index is 12.9. The Labute approximate surface area is 208 Å². The van der Waals surface area contributed by atoms with Crippen LogP contribution in [-0.2, 0) is 14.3 Å². The van der Waals surface area contributed by atoms with Crippen molar-refractivity contribution in [2.24, 2.45) is 5.92 Å². The molecule has 1 aromatic rings. The van der Waals surface area contributed by atoms with Crippen LogP contribution in [0.15, 0.2) is 21.5 Å². The summed E-state index contributed by atoms with van der Waals surface area (Å²) in [6.45, 7) is 9.82. The lowest BCUT2D eigenvalue weighted by Crippen LogP contribution is -2.29. The van der Waals surface area contributed by atoms with E-state index in [-0.39, 0.29) is 18.3 Å². The monoisotopic (exact) mass is 543 g/mol. The topological polar surface area (TPSA) is 65.1 Å². The molecule has 1 aliphatic rings. The molecule has 2 rings (SSSR count). The van der Waals surface area contributed by atoms with Crippen molar-refractivity contribution in [1.29, 1.82) is 0 Å². The molecular formula is C23H30BrNO5S2. The van der Waals surface area contributed by atoms with Crippen molar-refractivity contribution in [1.82, 2.24) is 4.90 Å². The van der Waals surface area contributed by atoms with Crippen molar-refractivity contribution in [2.45, 2.75) is 47.0 Å². The van der Waals surface area contributed by atoms with Crippen molar-refractivity contribution in [3.63, 3.8) is 0 Å². The highest BCUT2D eigenvalue weighted by molar-refractivity contribution is 9.10. The van der Waals surface area contributed by atoms with E-state index in [0.29, 0.717) is 59.4 Å². The minimum Gasteiger partial charge on any atom is -0.490 e. The molecule has 1 fully saturated rings. The summed E-state index contributed by atoms with van der Waals surface area (Å²) in [7, 11) is 0. The Morgan fingerprint density at radius 2 is 2.00 bits per heavy atom. The second kappa shape index (κ2) is 13.2. The fourth-order valence-corrected chi connectivity index (χ4v) is 4.81. The molecule has 0 aromatic heterocycles. The molecule has 0 radical (unpaired) electrons. The highest BCUT2D eigenvalue weighted by atomic mass is 79.9. The first-order valence-corrected chi connectivity index (χ1v) is 12.8. The number of carbonyl (C=O) groups is 2. The van der Waals surface area contributed by atoms with E-state index in [1.54, 1.807) is 13.0 Å². The number of thioether (sulfide) groups is 1. The van der Waals surface area contributed by atoms with Crippen LogP contribution in [-0.4, -0.2) is 47.5 Å². The number of halogens is 1. The Bertz CT molecular complexity index is 872. The van der Waals surface area contributed by atoms with Gasteiger partial charge in [-0.2, -0.15) is 0 Å². The van der Waals surface area contributed by atoms with E-state index in [9.17, 15) is 9.59 Å². The summed E-state index contributed by atoms with van der Waals surface area (Å²) < 4.78 is 17.9. The molecule has 0 bridgehead atoms. The zero-order valence-electron chi connectivity index (χ0n) is 18.9. The third-order valence-electron chi connectivity index (χ3n) is 4.51. The number of hydrogen-bond donors (Lipinski definition) is 0. The molecule has 1 amide bonds. The highest BCUT2D eigenvalue weighted by Crippen LogP contribution is 2.39. The van der Waals surface area contributed by atoms with E-state index < -0.39 is 0 Å². The van der Waals surface area contributed by atoms with Crippen molar-refractivity contribution in [2.75, 3.05) is 26.4 Å². The molecule has 0 saturated carbocycles. The number of esters is 1. The van der Waals surface area contributed by atoms with Crippen LogP contribution in [0.3, 0.4) is 0 Å². The number of carbonyl (C=O) groups excluding carboxylic acids is 2. The first kappa shape index (κ1) is 26.7. The molecule has 1 aliphatic heterocycles. The Morgan fingerprint density at radius 3 is 2.66 bits per heavy atom. The minimum absolute atomic E-state index is 0.157. The Balaban J connectivity index is 2.13. The van der Waals surface area contributed by atoms with Crippen LogP contribution < -0.4 is 9.47 Å². The van der Waals surface area contributed by atoms with Gasteiger partial charge in [0.1, 0.15) is 4.32 Å². The van der Waals surface area contributed by atoms with Crippen LogP contribution in [0, 0.1) is 5.92 Å². The maximum absolute atomic E-state index is 12.9. The normalized spacial score (nSPS) is 15.1. The fourth-order valence-electron chi connectivity index (χ4n) is 2.93. The number of hydrogen-bond acceptors (Lipinski definition) is 7. The zero-order valence-corrected chi connectivity index (χ0v) is 22.2. The molecule has 0 unspecified atom stereocenters. The average molecular weight is 545 g/mol. The minimum atomic E-state index is -0.266. The second-order valence-corrected chi connectivity index (χ2v) is 10.1. The van der Waals surface area contributed by atoms with Crippen LogP contribution in [0.5, 0.6) is 11.5 Å². The van der Waals surface area contributed by atoms with Crippen molar-refractivity contribution in [3.8, 4) is 11.5 Å². The first-order valence-electron chi connectivity index (χ1n) is 10.8. The van der Waals surface area contributed by atoms with Gasteiger partial charge in [-0.25, -0.2) is 0 Å². The summed E-state index contributed by atoms with van der Waals surface area (Å²) in [5, 5.41) is 0. The lowest BCUT2D eigenvalue weighted by Gasteiger charge is -2.15. The van der Waals surface area contributed by atoms with Gasteiger partial charge in [-0.15, -0.1) is 0 Å². The SMILES string of the molecule is CCOC(=O)CCCN1C(=O)/C(=C\c2cc(Br)c(OCCC(C)C)c(OCC)c2)SC1=S. The lowest BCUT2D eigenvalue weighted by molar-refractivity contribution is -0.143. The van der Waals surface area contributed by atoms with Gasteiger partial charge in [0, 0.05) is 13.0 Å². The molecule has 1 aromatic carbocycles. The van der Waals surface area contributed by atoms with Crippen molar-refractivity contribution >= 4 is 62.2 Å². The molecule has 0 aliphatic carbocycles. The number of rotatable bonds is 12. The van der Waals surface area contributed by atoms with Crippen LogP contribution in [0.2, 0.25) is 0 Å². The zero-order chi connectivity index (χ0) is 23.7. The maximum Gasteiger partial charge on any atom is 0.305 e. The van der Waals surface area contributed by atoms with E-state index in [0.717, 1.165) is 16.5 Å². The van der Waals surface area contributed by atoms with Gasteiger partial charge in [0.2, 0.25) is 0 Å². The fraction of sp³-hybridized carbons (Fsp3) is 0.522. The van der Waals surface area contributed by atoms with E-state index in [1.165, 1.54) is 16.7 Å². The second-order valence-electron chi connectivity index (χ2n) is 7.54. The molecule has 0 N–H and O–H groups in total.